The molecule has 1 fully saturated rings. The number of carbonyl (C=O) groups is 2. The number of nitro benzene ring substituents is 1. The van der Waals surface area contributed by atoms with Gasteiger partial charge in [-0.05, 0) is 18.2 Å². The van der Waals surface area contributed by atoms with Crippen LogP contribution >= 0.6 is 0 Å². The molecule has 1 saturated heterocycles. The molecule has 168 valence electrons. The molecule has 1 heterocycles. The van der Waals surface area contributed by atoms with E-state index < -0.39 is 4.92 Å². The van der Waals surface area contributed by atoms with Crippen molar-refractivity contribution in [2.75, 3.05) is 42.9 Å². The van der Waals surface area contributed by atoms with E-state index in [9.17, 15) is 19.7 Å². The lowest BCUT2D eigenvalue weighted by atomic mass is 10.0. The summed E-state index contributed by atoms with van der Waals surface area (Å²) in [6.07, 6.45) is 0. The molecular formula is C25H24N4O4. The van der Waals surface area contributed by atoms with Gasteiger partial charge in [-0.15, -0.1) is 0 Å². The fourth-order valence-electron chi connectivity index (χ4n) is 3.88. The first kappa shape index (κ1) is 22.2. The maximum absolute atomic E-state index is 13.0. The predicted molar refractivity (Wildman–Crippen MR) is 127 cm³/mol. The highest BCUT2D eigenvalue weighted by Gasteiger charge is 2.22. The van der Waals surface area contributed by atoms with Gasteiger partial charge in [0.1, 0.15) is 0 Å². The zero-order chi connectivity index (χ0) is 23.2. The van der Waals surface area contributed by atoms with E-state index in [0.29, 0.717) is 5.56 Å². The number of hydrogen-bond acceptors (Lipinski definition) is 6. The summed E-state index contributed by atoms with van der Waals surface area (Å²) >= 11 is 0. The van der Waals surface area contributed by atoms with Crippen LogP contribution in [0.1, 0.15) is 15.9 Å². The number of hydrogen-bond donors (Lipinski definition) is 1. The summed E-state index contributed by atoms with van der Waals surface area (Å²) in [4.78, 5) is 40.8. The quantitative estimate of drug-likeness (QED) is 0.340. The van der Waals surface area contributed by atoms with Crippen molar-refractivity contribution >= 4 is 28.8 Å². The average Bonchev–Trinajstić information content (AvgIpc) is 2.85. The number of piperazine rings is 1. The van der Waals surface area contributed by atoms with Crippen LogP contribution in [0.5, 0.6) is 0 Å². The number of non-ortho nitro benzene ring substituents is 1. The van der Waals surface area contributed by atoms with E-state index in [2.05, 4.69) is 27.2 Å². The van der Waals surface area contributed by atoms with Crippen molar-refractivity contribution in [3.05, 3.63) is 100 Å². The number of anilines is 2. The highest BCUT2D eigenvalue weighted by molar-refractivity contribution is 6.14. The third-order valence-corrected chi connectivity index (χ3v) is 5.63. The van der Waals surface area contributed by atoms with Crippen molar-refractivity contribution in [3.8, 4) is 0 Å². The Labute approximate surface area is 191 Å². The molecule has 0 spiro atoms. The molecule has 3 aromatic rings. The number of nitrogens with zero attached hydrogens (tertiary/aromatic N) is 3. The summed E-state index contributed by atoms with van der Waals surface area (Å²) in [6, 6.07) is 22.6. The number of ketones is 1. The number of nitro groups is 1. The van der Waals surface area contributed by atoms with Crippen molar-refractivity contribution in [1.82, 2.24) is 4.90 Å². The van der Waals surface area contributed by atoms with Crippen LogP contribution in [-0.4, -0.2) is 54.2 Å². The minimum Gasteiger partial charge on any atom is -0.369 e. The second-order valence-electron chi connectivity index (χ2n) is 7.83. The van der Waals surface area contributed by atoms with Gasteiger partial charge < -0.3 is 10.2 Å². The first-order valence-corrected chi connectivity index (χ1v) is 10.7. The van der Waals surface area contributed by atoms with Crippen molar-refractivity contribution < 1.29 is 14.5 Å². The number of rotatable bonds is 7. The largest absolute Gasteiger partial charge is 0.369 e. The van der Waals surface area contributed by atoms with Crippen molar-refractivity contribution in [2.45, 2.75) is 0 Å². The van der Waals surface area contributed by atoms with E-state index in [1.807, 2.05) is 18.2 Å². The van der Waals surface area contributed by atoms with Gasteiger partial charge in [0.2, 0.25) is 5.91 Å². The van der Waals surface area contributed by atoms with Gasteiger partial charge in [0.25, 0.3) is 5.69 Å². The number of para-hydroxylation sites is 1. The molecule has 0 atom stereocenters. The van der Waals surface area contributed by atoms with Crippen LogP contribution in [0.3, 0.4) is 0 Å². The first-order chi connectivity index (χ1) is 16.0. The Balaban J connectivity index is 1.43. The minimum atomic E-state index is -0.556. The molecule has 0 aliphatic carbocycles. The Morgan fingerprint density at radius 2 is 1.52 bits per heavy atom. The Morgan fingerprint density at radius 1 is 0.879 bits per heavy atom. The fraction of sp³-hybridized carbons (Fsp3) is 0.200. The molecule has 0 radical (unpaired) electrons. The van der Waals surface area contributed by atoms with Crippen molar-refractivity contribution in [3.63, 3.8) is 0 Å². The number of nitrogens with one attached hydrogen (secondary N) is 1. The average molecular weight is 444 g/mol. The van der Waals surface area contributed by atoms with Crippen LogP contribution in [0.4, 0.5) is 17.1 Å². The monoisotopic (exact) mass is 444 g/mol. The second kappa shape index (κ2) is 10.1. The molecule has 4 rings (SSSR count). The van der Waals surface area contributed by atoms with E-state index in [1.54, 1.807) is 30.3 Å². The normalized spacial score (nSPS) is 14.0. The van der Waals surface area contributed by atoms with E-state index in [-0.39, 0.29) is 35.2 Å². The van der Waals surface area contributed by atoms with Crippen LogP contribution < -0.4 is 10.2 Å². The minimum absolute atomic E-state index is 0.0950. The van der Waals surface area contributed by atoms with Crippen LogP contribution in [0.2, 0.25) is 0 Å². The molecule has 0 saturated carbocycles. The highest BCUT2D eigenvalue weighted by atomic mass is 16.6. The van der Waals surface area contributed by atoms with E-state index >= 15 is 0 Å². The smallest absolute Gasteiger partial charge is 0.270 e. The fourth-order valence-corrected chi connectivity index (χ4v) is 3.88. The van der Waals surface area contributed by atoms with Crippen molar-refractivity contribution in [2.24, 2.45) is 0 Å². The molecular weight excluding hydrogens is 420 g/mol. The summed E-state index contributed by atoms with van der Waals surface area (Å²) in [7, 11) is 0. The Morgan fingerprint density at radius 3 is 2.15 bits per heavy atom. The third kappa shape index (κ3) is 5.42. The third-order valence-electron chi connectivity index (χ3n) is 5.63. The molecule has 0 bridgehead atoms. The van der Waals surface area contributed by atoms with Crippen LogP contribution in [0, 0.1) is 10.1 Å². The molecule has 33 heavy (non-hydrogen) atoms. The molecule has 1 amide bonds. The van der Waals surface area contributed by atoms with E-state index in [4.69, 9.17) is 0 Å². The molecule has 1 N–H and O–H groups in total. The maximum Gasteiger partial charge on any atom is 0.270 e. The van der Waals surface area contributed by atoms with Crippen molar-refractivity contribution in [1.29, 1.82) is 0 Å². The molecule has 3 aromatic carbocycles. The van der Waals surface area contributed by atoms with Crippen LogP contribution in [-0.2, 0) is 4.79 Å². The molecule has 1 aliphatic heterocycles. The van der Waals surface area contributed by atoms with Gasteiger partial charge in [0.05, 0.1) is 22.7 Å². The number of carbonyl (C=O) groups excluding carboxylic acids is 2. The van der Waals surface area contributed by atoms with E-state index in [1.165, 1.54) is 18.2 Å². The van der Waals surface area contributed by atoms with Gasteiger partial charge >= 0.3 is 0 Å². The standard InChI is InChI=1S/C25H24N4O4/c30-24(18-27-13-15-28(16-14-27)20-9-5-2-6-10-20)26-23-12-11-21(29(32)33)17-22(23)25(31)19-7-3-1-4-8-19/h1-12,17H,13-16,18H2,(H,26,30). The number of amides is 1. The Kier molecular flexibility index (Phi) is 6.75. The Bertz CT molecular complexity index is 1140. The summed E-state index contributed by atoms with van der Waals surface area (Å²) in [6.45, 7) is 3.27. The van der Waals surface area contributed by atoms with Gasteiger partial charge in [-0.3, -0.25) is 24.6 Å². The lowest BCUT2D eigenvalue weighted by molar-refractivity contribution is -0.384. The first-order valence-electron chi connectivity index (χ1n) is 10.7. The van der Waals surface area contributed by atoms with Gasteiger partial charge in [0, 0.05) is 49.6 Å². The summed E-state index contributed by atoms with van der Waals surface area (Å²) in [5.74, 6) is -0.648. The van der Waals surface area contributed by atoms with Crippen LogP contribution in [0.25, 0.3) is 0 Å². The molecule has 0 unspecified atom stereocenters. The lowest BCUT2D eigenvalue weighted by Crippen LogP contribution is -2.48. The molecule has 1 aliphatic rings. The SMILES string of the molecule is O=C(CN1CCN(c2ccccc2)CC1)Nc1ccc([N+](=O)[O-])cc1C(=O)c1ccccc1. The second-order valence-corrected chi connectivity index (χ2v) is 7.83. The van der Waals surface area contributed by atoms with Gasteiger partial charge in [-0.1, -0.05) is 48.5 Å². The van der Waals surface area contributed by atoms with E-state index in [0.717, 1.165) is 31.9 Å². The van der Waals surface area contributed by atoms with Gasteiger partial charge in [-0.2, -0.15) is 0 Å². The zero-order valence-corrected chi connectivity index (χ0v) is 18.0. The predicted octanol–water partition coefficient (Wildman–Crippen LogP) is 3.59. The van der Waals surface area contributed by atoms with Gasteiger partial charge in [-0.25, -0.2) is 0 Å². The number of benzene rings is 3. The molecule has 0 aromatic heterocycles. The Hall–Kier alpha value is -4.04. The lowest BCUT2D eigenvalue weighted by Gasteiger charge is -2.35. The van der Waals surface area contributed by atoms with Gasteiger partial charge in [0.15, 0.2) is 5.78 Å². The summed E-state index contributed by atoms with van der Waals surface area (Å²) in [5.41, 5.74) is 1.71. The maximum atomic E-state index is 13.0. The van der Waals surface area contributed by atoms with Crippen LogP contribution in [0.15, 0.2) is 78.9 Å². The summed E-state index contributed by atoms with van der Waals surface area (Å²) < 4.78 is 0. The molecule has 8 nitrogen and oxygen atoms in total. The zero-order valence-electron chi connectivity index (χ0n) is 18.0. The highest BCUT2D eigenvalue weighted by Crippen LogP contribution is 2.25. The molecule has 8 heteroatoms. The topological polar surface area (TPSA) is 95.8 Å². The summed E-state index contributed by atoms with van der Waals surface area (Å²) in [5, 5.41) is 14.0.